The van der Waals surface area contributed by atoms with Crippen LogP contribution in [0.4, 0.5) is 5.00 Å². The zero-order valence-electron chi connectivity index (χ0n) is 20.2. The van der Waals surface area contributed by atoms with Gasteiger partial charge in [0.25, 0.3) is 5.91 Å². The third-order valence-corrected chi connectivity index (χ3v) is 8.98. The molecule has 4 rings (SSSR count). The number of oxazole rings is 1. The molecule has 2 aromatic heterocycles. The second-order valence-corrected chi connectivity index (χ2v) is 10.9. The first-order valence-corrected chi connectivity index (χ1v) is 13.7. The maximum atomic E-state index is 13.7. The molecular weight excluding hydrogens is 506 g/mol. The highest BCUT2D eigenvalue weighted by molar-refractivity contribution is 7.91. The second-order valence-electron chi connectivity index (χ2n) is 8.10. The minimum Gasteiger partial charge on any atom is -0.496 e. The van der Waals surface area contributed by atoms with Crippen LogP contribution in [0.2, 0.25) is 0 Å². The highest BCUT2D eigenvalue weighted by atomic mass is 32.2. The first kappa shape index (κ1) is 25.7. The van der Waals surface area contributed by atoms with Crippen LogP contribution in [0.15, 0.2) is 41.1 Å². The lowest BCUT2D eigenvalue weighted by atomic mass is 10.1. The monoisotopic (exact) mass is 533 g/mol. The van der Waals surface area contributed by atoms with Crippen molar-refractivity contribution < 1.29 is 31.9 Å². The van der Waals surface area contributed by atoms with Crippen LogP contribution < -0.4 is 9.04 Å². The molecule has 0 atom stereocenters. The van der Waals surface area contributed by atoms with Gasteiger partial charge in [-0.3, -0.25) is 9.59 Å². The van der Waals surface area contributed by atoms with E-state index in [1.54, 1.807) is 20.1 Å². The lowest BCUT2D eigenvalue weighted by Gasteiger charge is -2.35. The van der Waals surface area contributed by atoms with E-state index < -0.39 is 28.6 Å². The van der Waals surface area contributed by atoms with Crippen molar-refractivity contribution in [2.45, 2.75) is 33.1 Å². The topological polar surface area (TPSA) is 119 Å². The van der Waals surface area contributed by atoms with Crippen molar-refractivity contribution in [1.82, 2.24) is 9.29 Å². The molecule has 0 radical (unpaired) electrons. The number of carbonyl (C=O) groups is 2. The van der Waals surface area contributed by atoms with Crippen LogP contribution in [-0.2, 0) is 26.2 Å². The van der Waals surface area contributed by atoms with Crippen molar-refractivity contribution in [2.75, 3.05) is 31.1 Å². The average Bonchev–Trinajstić information content (AvgIpc) is 3.50. The lowest BCUT2D eigenvalue weighted by molar-refractivity contribution is -0.143. The van der Waals surface area contributed by atoms with Crippen molar-refractivity contribution in [1.29, 1.82) is 0 Å². The molecule has 1 aromatic carbocycles. The summed E-state index contributed by atoms with van der Waals surface area (Å²) in [6.07, 6.45) is 4.65. The summed E-state index contributed by atoms with van der Waals surface area (Å²) in [6.45, 7) is 3.12. The molecule has 0 N–H and O–H groups in total. The Bertz CT molecular complexity index is 1350. The van der Waals surface area contributed by atoms with E-state index in [0.29, 0.717) is 33.3 Å². The van der Waals surface area contributed by atoms with Gasteiger partial charge in [0.05, 0.1) is 30.4 Å². The first-order chi connectivity index (χ1) is 17.3. The number of anilines is 1. The Morgan fingerprint density at radius 1 is 1.22 bits per heavy atom. The standard InChI is InChI=1S/C24H27N3O7S2/c1-4-5-13-33-19(28)15-27-23(29)20-16(2)21(22-25-11-14-34-22)35-24(20)26(36(27,30)31)12-10-17-8-6-7-9-18(17)32-3/h6-9,11,14H,4-5,10,12-13,15H2,1-3H3. The van der Waals surface area contributed by atoms with Gasteiger partial charge in [0.1, 0.15) is 23.6 Å². The van der Waals surface area contributed by atoms with Crippen LogP contribution in [0.5, 0.6) is 5.75 Å². The molecule has 0 fully saturated rings. The van der Waals surface area contributed by atoms with Crippen molar-refractivity contribution in [3.05, 3.63) is 53.4 Å². The Morgan fingerprint density at radius 3 is 2.69 bits per heavy atom. The molecule has 192 valence electrons. The summed E-state index contributed by atoms with van der Waals surface area (Å²) >= 11 is 1.11. The number of para-hydroxylation sites is 1. The smallest absolute Gasteiger partial charge is 0.330 e. The van der Waals surface area contributed by atoms with Gasteiger partial charge in [0, 0.05) is 6.54 Å². The normalized spacial score (nSPS) is 14.6. The first-order valence-electron chi connectivity index (χ1n) is 11.4. The SMILES string of the molecule is CCCCOC(=O)CN1C(=O)c2c(sc(-c3ncco3)c2C)N(CCc2ccccc2OC)S1(=O)=O. The van der Waals surface area contributed by atoms with E-state index in [9.17, 15) is 18.0 Å². The number of aromatic nitrogens is 1. The minimum atomic E-state index is -4.38. The van der Waals surface area contributed by atoms with E-state index >= 15 is 0 Å². The molecule has 36 heavy (non-hydrogen) atoms. The van der Waals surface area contributed by atoms with Gasteiger partial charge >= 0.3 is 16.2 Å². The number of rotatable bonds is 10. The Morgan fingerprint density at radius 2 is 2.00 bits per heavy atom. The summed E-state index contributed by atoms with van der Waals surface area (Å²) in [4.78, 5) is 30.6. The lowest BCUT2D eigenvalue weighted by Crippen LogP contribution is -2.53. The Hall–Kier alpha value is -3.38. The van der Waals surface area contributed by atoms with Crippen LogP contribution >= 0.6 is 11.3 Å². The van der Waals surface area contributed by atoms with Crippen LogP contribution in [0, 0.1) is 6.92 Å². The highest BCUT2D eigenvalue weighted by Crippen LogP contribution is 2.46. The van der Waals surface area contributed by atoms with Crippen LogP contribution in [0.3, 0.4) is 0 Å². The number of hydrogen-bond acceptors (Lipinski definition) is 9. The molecule has 1 amide bonds. The van der Waals surface area contributed by atoms with Crippen LogP contribution in [-0.4, -0.2) is 56.4 Å². The van der Waals surface area contributed by atoms with E-state index in [-0.39, 0.29) is 29.6 Å². The van der Waals surface area contributed by atoms with Crippen molar-refractivity contribution >= 4 is 38.4 Å². The largest absolute Gasteiger partial charge is 0.496 e. The number of carbonyl (C=O) groups excluding carboxylic acids is 2. The molecule has 3 heterocycles. The van der Waals surface area contributed by atoms with Gasteiger partial charge in [-0.15, -0.1) is 11.3 Å². The molecule has 0 aliphatic carbocycles. The predicted octanol–water partition coefficient (Wildman–Crippen LogP) is 3.81. The number of unbranched alkanes of at least 4 members (excludes halogenated alkanes) is 1. The number of ether oxygens (including phenoxy) is 2. The molecule has 0 spiro atoms. The van der Waals surface area contributed by atoms with Gasteiger partial charge < -0.3 is 13.9 Å². The Balaban J connectivity index is 1.74. The summed E-state index contributed by atoms with van der Waals surface area (Å²) in [5, 5.41) is 0.260. The van der Waals surface area contributed by atoms with Crippen LogP contribution in [0.1, 0.15) is 41.3 Å². The van der Waals surface area contributed by atoms with Gasteiger partial charge in [0.2, 0.25) is 5.89 Å². The van der Waals surface area contributed by atoms with Gasteiger partial charge in [-0.2, -0.15) is 8.42 Å². The van der Waals surface area contributed by atoms with Crippen molar-refractivity contribution in [3.63, 3.8) is 0 Å². The molecular formula is C24H27N3O7S2. The van der Waals surface area contributed by atoms with Gasteiger partial charge in [-0.05, 0) is 37.0 Å². The Kier molecular flexibility index (Phi) is 7.65. The average molecular weight is 534 g/mol. The van der Waals surface area contributed by atoms with E-state index in [1.807, 2.05) is 25.1 Å². The number of methoxy groups -OCH3 is 1. The number of amides is 1. The number of benzene rings is 1. The van der Waals surface area contributed by atoms with Gasteiger partial charge in [0.15, 0.2) is 0 Å². The number of esters is 1. The molecule has 0 unspecified atom stereocenters. The molecule has 0 bridgehead atoms. The molecule has 0 saturated heterocycles. The van der Waals surface area contributed by atoms with Crippen molar-refractivity contribution in [2.24, 2.45) is 0 Å². The molecule has 3 aromatic rings. The van der Waals surface area contributed by atoms with Crippen molar-refractivity contribution in [3.8, 4) is 16.5 Å². The zero-order chi connectivity index (χ0) is 25.9. The fourth-order valence-electron chi connectivity index (χ4n) is 3.91. The maximum Gasteiger partial charge on any atom is 0.330 e. The minimum absolute atomic E-state index is 0.0232. The molecule has 10 nitrogen and oxygen atoms in total. The number of thiophene rings is 1. The quantitative estimate of drug-likeness (QED) is 0.285. The van der Waals surface area contributed by atoms with E-state index in [0.717, 1.165) is 23.3 Å². The summed E-state index contributed by atoms with van der Waals surface area (Å²) in [7, 11) is -2.83. The summed E-state index contributed by atoms with van der Waals surface area (Å²) < 4.78 is 45.1. The van der Waals surface area contributed by atoms with E-state index in [4.69, 9.17) is 13.9 Å². The molecule has 0 saturated carbocycles. The molecule has 12 heteroatoms. The maximum absolute atomic E-state index is 13.7. The molecule has 1 aliphatic rings. The summed E-state index contributed by atoms with van der Waals surface area (Å²) in [5.41, 5.74) is 1.54. The molecule has 1 aliphatic heterocycles. The summed E-state index contributed by atoms with van der Waals surface area (Å²) in [6, 6.07) is 7.31. The third-order valence-electron chi connectivity index (χ3n) is 5.79. The second kappa shape index (κ2) is 10.7. The van der Waals surface area contributed by atoms with E-state index in [1.165, 1.54) is 16.8 Å². The Labute approximate surface area is 213 Å². The highest BCUT2D eigenvalue weighted by Gasteiger charge is 2.46. The number of hydrogen-bond donors (Lipinski definition) is 0. The van der Waals surface area contributed by atoms with Gasteiger partial charge in [-0.1, -0.05) is 31.5 Å². The van der Waals surface area contributed by atoms with Gasteiger partial charge in [-0.25, -0.2) is 13.6 Å². The number of nitrogens with zero attached hydrogens (tertiary/aromatic N) is 3. The fraction of sp³-hybridized carbons (Fsp3) is 0.375. The predicted molar refractivity (Wildman–Crippen MR) is 134 cm³/mol. The van der Waals surface area contributed by atoms with Crippen LogP contribution in [0.25, 0.3) is 10.8 Å². The third kappa shape index (κ3) is 4.82. The fourth-order valence-corrected chi connectivity index (χ4v) is 6.91. The van der Waals surface area contributed by atoms with E-state index in [2.05, 4.69) is 4.98 Å². The number of fused-ring (bicyclic) bond motifs is 1. The summed E-state index contributed by atoms with van der Waals surface area (Å²) in [5.74, 6) is -0.651. The zero-order valence-corrected chi connectivity index (χ0v) is 21.9.